The van der Waals surface area contributed by atoms with E-state index in [1.54, 1.807) is 54.6 Å². The van der Waals surface area contributed by atoms with Crippen molar-refractivity contribution in [2.24, 2.45) is 0 Å². The van der Waals surface area contributed by atoms with E-state index in [0.717, 1.165) is 18.4 Å². The lowest BCUT2D eigenvalue weighted by molar-refractivity contribution is -0.134. The number of halogens is 3. The first-order valence-corrected chi connectivity index (χ1v) is 14.4. The third-order valence-corrected chi connectivity index (χ3v) is 6.54. The number of benzene rings is 2. The molecule has 2 aromatic carbocycles. The van der Waals surface area contributed by atoms with E-state index < -0.39 is 17.9 Å². The number of ether oxygens (including phenoxy) is 3. The van der Waals surface area contributed by atoms with Crippen LogP contribution in [0, 0.1) is 0 Å². The molecule has 0 fully saturated rings. The molecule has 9 heteroatoms. The van der Waals surface area contributed by atoms with Crippen LogP contribution in [0.2, 0.25) is 6.04 Å². The average molecular weight is 488 g/mol. The van der Waals surface area contributed by atoms with Crippen molar-refractivity contribution in [3.05, 3.63) is 65.7 Å². The lowest BCUT2D eigenvalue weighted by atomic mass is 10.2. The van der Waals surface area contributed by atoms with Crippen molar-refractivity contribution in [2.75, 3.05) is 13.7 Å². The van der Waals surface area contributed by atoms with Gasteiger partial charge in [0, 0.05) is 6.08 Å². The first kappa shape index (κ1) is 24.3. The van der Waals surface area contributed by atoms with Crippen molar-refractivity contribution < 1.29 is 23.8 Å². The zero-order valence-corrected chi connectivity index (χ0v) is 19.5. The molecule has 0 amide bonds. The molecule has 0 unspecified atom stereocenters. The molecular weight excluding hydrogens is 467 g/mol. The summed E-state index contributed by atoms with van der Waals surface area (Å²) in [5, 5.41) is 0. The van der Waals surface area contributed by atoms with Crippen LogP contribution in [0.4, 0.5) is 0 Å². The maximum Gasteiger partial charge on any atom is 0.343 e. The summed E-state index contributed by atoms with van der Waals surface area (Å²) < 4.78 is 15.5. The standard InChI is InChI=1S/C21H21Cl3O5Si/c1-27-20(25)13-6-16-4-9-19(10-5-16)29-21(26)17-7-11-18(12-8-17)28-14-2-3-15-30(22,23)24/h4-13H,2-3,14-15H2,1H3/b13-6+. The summed E-state index contributed by atoms with van der Waals surface area (Å²) in [5.74, 6) is 0.127. The van der Waals surface area contributed by atoms with E-state index >= 15 is 0 Å². The van der Waals surface area contributed by atoms with Crippen molar-refractivity contribution in [3.63, 3.8) is 0 Å². The van der Waals surface area contributed by atoms with Crippen LogP contribution in [-0.4, -0.2) is 31.7 Å². The van der Waals surface area contributed by atoms with Gasteiger partial charge < -0.3 is 14.2 Å². The van der Waals surface area contributed by atoms with Crippen LogP contribution >= 0.6 is 33.2 Å². The van der Waals surface area contributed by atoms with E-state index in [9.17, 15) is 9.59 Å². The Bertz CT molecular complexity index is 862. The fraction of sp³-hybridized carbons (Fsp3) is 0.238. The maximum atomic E-state index is 12.3. The van der Waals surface area contributed by atoms with Gasteiger partial charge in [0.05, 0.1) is 19.3 Å². The van der Waals surface area contributed by atoms with Gasteiger partial charge in [-0.3, -0.25) is 0 Å². The molecule has 0 atom stereocenters. The molecular formula is C21H21Cl3O5Si. The summed E-state index contributed by atoms with van der Waals surface area (Å²) in [6, 6.07) is 11.5. The zero-order chi connectivity index (χ0) is 22.0. The second-order valence-electron chi connectivity index (χ2n) is 6.26. The smallest absolute Gasteiger partial charge is 0.343 e. The number of carbonyl (C=O) groups excluding carboxylic acids is 2. The lowest BCUT2D eigenvalue weighted by Crippen LogP contribution is -2.09. The Balaban J connectivity index is 1.81. The molecule has 0 aliphatic heterocycles. The second-order valence-corrected chi connectivity index (χ2v) is 15.5. The first-order chi connectivity index (χ1) is 14.3. The normalized spacial score (nSPS) is 11.3. The third kappa shape index (κ3) is 9.22. The van der Waals surface area contributed by atoms with Crippen LogP contribution in [-0.2, 0) is 9.53 Å². The molecule has 2 rings (SSSR count). The second kappa shape index (κ2) is 12.0. The van der Waals surface area contributed by atoms with E-state index in [2.05, 4.69) is 4.74 Å². The van der Waals surface area contributed by atoms with Gasteiger partial charge in [-0.2, -0.15) is 0 Å². The molecule has 0 spiro atoms. The summed E-state index contributed by atoms with van der Waals surface area (Å²) in [4.78, 5) is 23.4. The van der Waals surface area contributed by atoms with Gasteiger partial charge in [-0.05, 0) is 66.9 Å². The Morgan fingerprint density at radius 2 is 1.57 bits per heavy atom. The highest BCUT2D eigenvalue weighted by atomic mass is 35.8. The highest BCUT2D eigenvalue weighted by Crippen LogP contribution is 2.27. The summed E-state index contributed by atoms with van der Waals surface area (Å²) >= 11 is 17.5. The fourth-order valence-corrected chi connectivity index (χ4v) is 4.20. The lowest BCUT2D eigenvalue weighted by Gasteiger charge is -2.09. The topological polar surface area (TPSA) is 61.8 Å². The van der Waals surface area contributed by atoms with Gasteiger partial charge in [0.25, 0.3) is 0 Å². The molecule has 0 N–H and O–H groups in total. The van der Waals surface area contributed by atoms with Gasteiger partial charge in [0.1, 0.15) is 11.5 Å². The molecule has 0 aromatic heterocycles. The third-order valence-electron chi connectivity index (χ3n) is 3.92. The van der Waals surface area contributed by atoms with Crippen molar-refractivity contribution in [2.45, 2.75) is 18.9 Å². The summed E-state index contributed by atoms with van der Waals surface area (Å²) in [6.45, 7) is 0.510. The zero-order valence-electron chi connectivity index (χ0n) is 16.3. The van der Waals surface area contributed by atoms with E-state index in [0.29, 0.717) is 29.7 Å². The molecule has 0 aliphatic rings. The molecule has 0 heterocycles. The Hall–Kier alpha value is -1.99. The number of methoxy groups -OCH3 is 1. The maximum absolute atomic E-state index is 12.3. The Kier molecular flexibility index (Phi) is 9.72. The average Bonchev–Trinajstić information content (AvgIpc) is 2.72. The van der Waals surface area contributed by atoms with Crippen LogP contribution in [0.25, 0.3) is 6.08 Å². The first-order valence-electron chi connectivity index (χ1n) is 9.15. The minimum Gasteiger partial charge on any atom is -0.494 e. The Morgan fingerprint density at radius 3 is 2.17 bits per heavy atom. The number of carbonyl (C=O) groups is 2. The predicted octanol–water partition coefficient (Wildman–Crippen LogP) is 5.91. The minimum absolute atomic E-state index is 0.396. The summed E-state index contributed by atoms with van der Waals surface area (Å²) in [5.41, 5.74) is 1.18. The highest BCUT2D eigenvalue weighted by Gasteiger charge is 2.23. The van der Waals surface area contributed by atoms with Crippen LogP contribution in [0.3, 0.4) is 0 Å². The van der Waals surface area contributed by atoms with E-state index in [1.165, 1.54) is 13.2 Å². The molecule has 0 aliphatic carbocycles. The molecule has 0 bridgehead atoms. The van der Waals surface area contributed by atoms with Gasteiger partial charge in [0.2, 0.25) is 0 Å². The molecule has 160 valence electrons. The van der Waals surface area contributed by atoms with Crippen molar-refractivity contribution >= 4 is 57.3 Å². The molecule has 5 nitrogen and oxygen atoms in total. The highest BCUT2D eigenvalue weighted by molar-refractivity contribution is 7.64. The van der Waals surface area contributed by atoms with E-state index in [4.69, 9.17) is 42.7 Å². The van der Waals surface area contributed by atoms with Crippen LogP contribution in [0.5, 0.6) is 11.5 Å². The predicted molar refractivity (Wildman–Crippen MR) is 122 cm³/mol. The van der Waals surface area contributed by atoms with Gasteiger partial charge >= 0.3 is 17.9 Å². The largest absolute Gasteiger partial charge is 0.494 e. The van der Waals surface area contributed by atoms with E-state index in [-0.39, 0.29) is 0 Å². The van der Waals surface area contributed by atoms with Gasteiger partial charge in [0.15, 0.2) is 0 Å². The Morgan fingerprint density at radius 1 is 0.933 bits per heavy atom. The quantitative estimate of drug-likeness (QED) is 0.104. The summed E-state index contributed by atoms with van der Waals surface area (Å²) in [6.07, 6.45) is 4.50. The van der Waals surface area contributed by atoms with Crippen molar-refractivity contribution in [1.82, 2.24) is 0 Å². The SMILES string of the molecule is COC(=O)/C=C/c1ccc(OC(=O)c2ccc(OCCCC[Si](Cl)(Cl)Cl)cc2)cc1. The number of hydrogen-bond donors (Lipinski definition) is 0. The molecule has 2 aromatic rings. The number of esters is 2. The number of rotatable bonds is 10. The number of unbranched alkanes of at least 4 members (excludes halogenated alkanes) is 1. The number of hydrogen-bond acceptors (Lipinski definition) is 5. The molecule has 0 saturated heterocycles. The fourth-order valence-electron chi connectivity index (χ4n) is 2.35. The van der Waals surface area contributed by atoms with Crippen LogP contribution in [0.15, 0.2) is 54.6 Å². The van der Waals surface area contributed by atoms with E-state index in [1.807, 2.05) is 0 Å². The van der Waals surface area contributed by atoms with Gasteiger partial charge in [-0.15, -0.1) is 33.2 Å². The van der Waals surface area contributed by atoms with Crippen molar-refractivity contribution in [3.8, 4) is 11.5 Å². The summed E-state index contributed by atoms with van der Waals surface area (Å²) in [7, 11) is 1.31. The van der Waals surface area contributed by atoms with Gasteiger partial charge in [-0.1, -0.05) is 12.1 Å². The molecule has 0 saturated carbocycles. The van der Waals surface area contributed by atoms with Crippen LogP contribution in [0.1, 0.15) is 28.8 Å². The van der Waals surface area contributed by atoms with Crippen molar-refractivity contribution in [1.29, 1.82) is 0 Å². The monoisotopic (exact) mass is 486 g/mol. The minimum atomic E-state index is -2.56. The molecule has 0 radical (unpaired) electrons. The van der Waals surface area contributed by atoms with Crippen LogP contribution < -0.4 is 9.47 Å². The Labute approximate surface area is 190 Å². The van der Waals surface area contributed by atoms with Gasteiger partial charge in [-0.25, -0.2) is 9.59 Å². The molecule has 30 heavy (non-hydrogen) atoms.